The van der Waals surface area contributed by atoms with Gasteiger partial charge in [-0.25, -0.2) is 0 Å². The average molecular weight is 368 g/mol. The highest BCUT2D eigenvalue weighted by atomic mass is 19.4. The standard InChI is InChI=1S/C18H19F3N2O3/c1-11(3-4-12-5-7-13(26-2)8-6-12)22-16(24)14-9-10-15(18(19,20)21)23-17(14)25/h5-11H,3-4H2,1-2H3,(H,22,24)(H,23,25)/t11-/m1/s1. The van der Waals surface area contributed by atoms with Crippen LogP contribution in [0.3, 0.4) is 0 Å². The molecule has 0 aliphatic carbocycles. The van der Waals surface area contributed by atoms with Crippen molar-refractivity contribution in [2.75, 3.05) is 7.11 Å². The number of aromatic nitrogens is 1. The number of methoxy groups -OCH3 is 1. The van der Waals surface area contributed by atoms with Crippen molar-refractivity contribution in [2.24, 2.45) is 0 Å². The minimum Gasteiger partial charge on any atom is -0.497 e. The predicted octanol–water partition coefficient (Wildman–Crippen LogP) is 3.15. The number of rotatable bonds is 6. The molecule has 8 heteroatoms. The number of aryl methyl sites for hydroxylation is 1. The zero-order valence-corrected chi connectivity index (χ0v) is 14.3. The summed E-state index contributed by atoms with van der Waals surface area (Å²) in [6.45, 7) is 1.76. The van der Waals surface area contributed by atoms with Crippen molar-refractivity contribution in [3.05, 3.63) is 63.6 Å². The van der Waals surface area contributed by atoms with E-state index in [9.17, 15) is 22.8 Å². The zero-order chi connectivity index (χ0) is 19.3. The number of H-pyrrole nitrogens is 1. The van der Waals surface area contributed by atoms with Gasteiger partial charge in [-0.3, -0.25) is 9.59 Å². The Balaban J connectivity index is 1.95. The first-order valence-electron chi connectivity index (χ1n) is 7.95. The highest BCUT2D eigenvalue weighted by Gasteiger charge is 2.32. The fourth-order valence-corrected chi connectivity index (χ4v) is 2.37. The van der Waals surface area contributed by atoms with Gasteiger partial charge in [0.05, 0.1) is 7.11 Å². The molecule has 2 rings (SSSR count). The monoisotopic (exact) mass is 368 g/mol. The van der Waals surface area contributed by atoms with E-state index in [2.05, 4.69) is 5.32 Å². The number of ether oxygens (including phenoxy) is 1. The van der Waals surface area contributed by atoms with Gasteiger partial charge in [-0.2, -0.15) is 13.2 Å². The molecule has 0 saturated carbocycles. The number of carbonyl (C=O) groups excluding carboxylic acids is 1. The molecule has 0 aliphatic rings. The van der Waals surface area contributed by atoms with Gasteiger partial charge in [0.2, 0.25) is 0 Å². The quantitative estimate of drug-likeness (QED) is 0.823. The molecule has 5 nitrogen and oxygen atoms in total. The molecular formula is C18H19F3N2O3. The van der Waals surface area contributed by atoms with Crippen LogP contribution in [0, 0.1) is 0 Å². The van der Waals surface area contributed by atoms with Gasteiger partial charge < -0.3 is 15.0 Å². The van der Waals surface area contributed by atoms with E-state index in [1.807, 2.05) is 24.3 Å². The number of halogens is 3. The largest absolute Gasteiger partial charge is 0.497 e. The van der Waals surface area contributed by atoms with Gasteiger partial charge in [-0.05, 0) is 49.6 Å². The second kappa shape index (κ2) is 8.07. The number of amides is 1. The SMILES string of the molecule is COc1ccc(CC[C@@H](C)NC(=O)c2ccc(C(F)(F)F)[nH]c2=O)cc1. The number of pyridine rings is 1. The van der Waals surface area contributed by atoms with E-state index in [-0.39, 0.29) is 11.6 Å². The Labute approximate surface area is 148 Å². The number of carbonyl (C=O) groups is 1. The average Bonchev–Trinajstić information content (AvgIpc) is 2.59. The molecule has 0 spiro atoms. The van der Waals surface area contributed by atoms with Gasteiger partial charge in [0.25, 0.3) is 11.5 Å². The van der Waals surface area contributed by atoms with Crippen LogP contribution < -0.4 is 15.6 Å². The third-order valence-electron chi connectivity index (χ3n) is 3.86. The minimum absolute atomic E-state index is 0.258. The highest BCUT2D eigenvalue weighted by molar-refractivity contribution is 5.93. The molecular weight excluding hydrogens is 349 g/mol. The number of hydrogen-bond donors (Lipinski definition) is 2. The Morgan fingerprint density at radius 2 is 1.85 bits per heavy atom. The Morgan fingerprint density at radius 3 is 2.38 bits per heavy atom. The number of hydrogen-bond acceptors (Lipinski definition) is 3. The zero-order valence-electron chi connectivity index (χ0n) is 14.3. The Bertz CT molecular complexity index is 814. The van der Waals surface area contributed by atoms with E-state index < -0.39 is 23.3 Å². The highest BCUT2D eigenvalue weighted by Crippen LogP contribution is 2.26. The Kier molecular flexibility index (Phi) is 6.07. The van der Waals surface area contributed by atoms with Crippen LogP contribution in [0.4, 0.5) is 13.2 Å². The normalized spacial score (nSPS) is 12.5. The van der Waals surface area contributed by atoms with E-state index in [0.29, 0.717) is 18.9 Å². The van der Waals surface area contributed by atoms with Crippen molar-refractivity contribution >= 4 is 5.91 Å². The maximum absolute atomic E-state index is 12.5. The van der Waals surface area contributed by atoms with Crippen LogP contribution in [0.5, 0.6) is 5.75 Å². The lowest BCUT2D eigenvalue weighted by atomic mass is 10.1. The molecule has 1 atom stereocenters. The smallest absolute Gasteiger partial charge is 0.431 e. The van der Waals surface area contributed by atoms with Gasteiger partial charge in [0.1, 0.15) is 17.0 Å². The van der Waals surface area contributed by atoms with Gasteiger partial charge in [0.15, 0.2) is 0 Å². The summed E-state index contributed by atoms with van der Waals surface area (Å²) in [5.74, 6) is 0.0406. The third-order valence-corrected chi connectivity index (χ3v) is 3.86. The molecule has 0 bridgehead atoms. The molecule has 0 fully saturated rings. The van der Waals surface area contributed by atoms with Gasteiger partial charge in [-0.1, -0.05) is 12.1 Å². The Morgan fingerprint density at radius 1 is 1.19 bits per heavy atom. The lowest BCUT2D eigenvalue weighted by Gasteiger charge is -2.14. The van der Waals surface area contributed by atoms with Crippen LogP contribution in [0.15, 0.2) is 41.2 Å². The first kappa shape index (κ1) is 19.6. The molecule has 0 saturated heterocycles. The number of benzene rings is 1. The van der Waals surface area contributed by atoms with Crippen LogP contribution in [0.1, 0.15) is 35.0 Å². The van der Waals surface area contributed by atoms with Crippen LogP contribution in [0.25, 0.3) is 0 Å². The minimum atomic E-state index is -4.67. The first-order valence-corrected chi connectivity index (χ1v) is 7.95. The van der Waals surface area contributed by atoms with Crippen molar-refractivity contribution in [1.82, 2.24) is 10.3 Å². The molecule has 1 heterocycles. The summed E-state index contributed by atoms with van der Waals surface area (Å²) in [5, 5.41) is 2.62. The van der Waals surface area contributed by atoms with Crippen molar-refractivity contribution in [2.45, 2.75) is 32.0 Å². The van der Waals surface area contributed by atoms with Crippen LogP contribution in [0.2, 0.25) is 0 Å². The summed E-state index contributed by atoms with van der Waals surface area (Å²) in [6.07, 6.45) is -3.37. The molecule has 1 aromatic heterocycles. The third kappa shape index (κ3) is 5.11. The molecule has 0 unspecified atom stereocenters. The summed E-state index contributed by atoms with van der Waals surface area (Å²) in [4.78, 5) is 25.5. The maximum atomic E-state index is 12.5. The molecule has 0 aliphatic heterocycles. The second-order valence-corrected chi connectivity index (χ2v) is 5.87. The topological polar surface area (TPSA) is 71.2 Å². The molecule has 1 amide bonds. The second-order valence-electron chi connectivity index (χ2n) is 5.87. The van der Waals surface area contributed by atoms with E-state index >= 15 is 0 Å². The van der Waals surface area contributed by atoms with Crippen molar-refractivity contribution < 1.29 is 22.7 Å². The van der Waals surface area contributed by atoms with Crippen LogP contribution in [-0.4, -0.2) is 24.0 Å². The number of alkyl halides is 3. The first-order chi connectivity index (χ1) is 12.2. The molecule has 1 aromatic carbocycles. The molecule has 140 valence electrons. The van der Waals surface area contributed by atoms with Crippen molar-refractivity contribution in [3.8, 4) is 5.75 Å². The summed E-state index contributed by atoms with van der Waals surface area (Å²) in [7, 11) is 1.58. The molecule has 2 aromatic rings. The van der Waals surface area contributed by atoms with Crippen molar-refractivity contribution in [3.63, 3.8) is 0 Å². The van der Waals surface area contributed by atoms with E-state index in [0.717, 1.165) is 17.4 Å². The van der Waals surface area contributed by atoms with Crippen LogP contribution >= 0.6 is 0 Å². The summed E-state index contributed by atoms with van der Waals surface area (Å²) >= 11 is 0. The number of aromatic amines is 1. The summed E-state index contributed by atoms with van der Waals surface area (Å²) in [5.41, 5.74) is -1.56. The number of nitrogens with one attached hydrogen (secondary N) is 2. The van der Waals surface area contributed by atoms with Gasteiger partial charge >= 0.3 is 6.18 Å². The predicted molar refractivity (Wildman–Crippen MR) is 90.3 cm³/mol. The van der Waals surface area contributed by atoms with E-state index in [1.165, 1.54) is 0 Å². The maximum Gasteiger partial charge on any atom is 0.431 e. The lowest BCUT2D eigenvalue weighted by Crippen LogP contribution is -2.36. The fraction of sp³-hybridized carbons (Fsp3) is 0.333. The van der Waals surface area contributed by atoms with E-state index in [1.54, 1.807) is 19.0 Å². The summed E-state index contributed by atoms with van der Waals surface area (Å²) < 4.78 is 42.7. The Hall–Kier alpha value is -2.77. The molecule has 26 heavy (non-hydrogen) atoms. The fourth-order valence-electron chi connectivity index (χ4n) is 2.37. The molecule has 0 radical (unpaired) electrons. The van der Waals surface area contributed by atoms with E-state index in [4.69, 9.17) is 4.74 Å². The van der Waals surface area contributed by atoms with Gasteiger partial charge in [0, 0.05) is 6.04 Å². The summed E-state index contributed by atoms with van der Waals surface area (Å²) in [6, 6.07) is 8.79. The van der Waals surface area contributed by atoms with Gasteiger partial charge in [-0.15, -0.1) is 0 Å². The van der Waals surface area contributed by atoms with Crippen molar-refractivity contribution in [1.29, 1.82) is 0 Å². The van der Waals surface area contributed by atoms with Crippen LogP contribution in [-0.2, 0) is 12.6 Å². The molecule has 2 N–H and O–H groups in total. The lowest BCUT2D eigenvalue weighted by molar-refractivity contribution is -0.141.